The van der Waals surface area contributed by atoms with Crippen LogP contribution in [0.2, 0.25) is 0 Å². The molecule has 1 N–H and O–H groups in total. The Morgan fingerprint density at radius 1 is 0.969 bits per heavy atom. The highest BCUT2D eigenvalue weighted by atomic mass is 16.5. The van der Waals surface area contributed by atoms with Gasteiger partial charge in [0.1, 0.15) is 11.3 Å². The van der Waals surface area contributed by atoms with Crippen LogP contribution in [0.25, 0.3) is 22.1 Å². The molecule has 7 heteroatoms. The quantitative estimate of drug-likeness (QED) is 0.369. The molecule has 0 fully saturated rings. The molecule has 1 heterocycles. The van der Waals surface area contributed by atoms with Gasteiger partial charge in [0.05, 0.1) is 25.9 Å². The van der Waals surface area contributed by atoms with Gasteiger partial charge in [-0.2, -0.15) is 0 Å². The summed E-state index contributed by atoms with van der Waals surface area (Å²) in [7, 11) is 2.41. The normalized spacial score (nSPS) is 13.4. The van der Waals surface area contributed by atoms with Crippen LogP contribution < -0.4 is 10.9 Å². The highest BCUT2D eigenvalue weighted by molar-refractivity contribution is 5.99. The van der Waals surface area contributed by atoms with E-state index in [-0.39, 0.29) is 5.70 Å². The summed E-state index contributed by atoms with van der Waals surface area (Å²) >= 11 is 0. The van der Waals surface area contributed by atoms with Gasteiger partial charge in [0.25, 0.3) is 0 Å². The van der Waals surface area contributed by atoms with Crippen molar-refractivity contribution in [1.29, 1.82) is 0 Å². The summed E-state index contributed by atoms with van der Waals surface area (Å²) in [6, 6.07) is 13.0. The zero-order chi connectivity index (χ0) is 22.7. The molecule has 164 valence electrons. The fraction of sp³-hybridized carbons (Fsp3) is 0.240. The first kappa shape index (κ1) is 21.4. The largest absolute Gasteiger partial charge is 0.466 e. The first-order valence-corrected chi connectivity index (χ1v) is 10.3. The Kier molecular flexibility index (Phi) is 6.07. The SMILES string of the molecule is COC(=O)/C=C(/Nc1ccc2cc(-c3ccc4c(c3)CCCC4)c(=O)oc2c1)C(=O)OC. The van der Waals surface area contributed by atoms with Crippen LogP contribution in [0.1, 0.15) is 24.0 Å². The second-order valence-electron chi connectivity index (χ2n) is 7.59. The fourth-order valence-corrected chi connectivity index (χ4v) is 3.88. The summed E-state index contributed by atoms with van der Waals surface area (Å²) in [5.74, 6) is -1.44. The van der Waals surface area contributed by atoms with E-state index in [1.165, 1.54) is 31.8 Å². The summed E-state index contributed by atoms with van der Waals surface area (Å²) in [6.07, 6.45) is 5.46. The lowest BCUT2D eigenvalue weighted by molar-refractivity contribution is -0.138. The van der Waals surface area contributed by atoms with Crippen molar-refractivity contribution in [3.8, 4) is 11.1 Å². The monoisotopic (exact) mass is 433 g/mol. The first-order valence-electron chi connectivity index (χ1n) is 10.3. The molecule has 1 aliphatic rings. The van der Waals surface area contributed by atoms with Gasteiger partial charge in [0.2, 0.25) is 0 Å². The Bertz CT molecular complexity index is 1290. The van der Waals surface area contributed by atoms with Crippen molar-refractivity contribution in [2.75, 3.05) is 19.5 Å². The van der Waals surface area contributed by atoms with E-state index in [0.29, 0.717) is 16.8 Å². The second kappa shape index (κ2) is 9.09. The molecular weight excluding hydrogens is 410 g/mol. The Balaban J connectivity index is 1.68. The number of carbonyl (C=O) groups excluding carboxylic acids is 2. The number of esters is 2. The molecule has 1 aromatic heterocycles. The molecule has 32 heavy (non-hydrogen) atoms. The van der Waals surface area contributed by atoms with Crippen LogP contribution in [0.4, 0.5) is 5.69 Å². The molecule has 0 saturated heterocycles. The van der Waals surface area contributed by atoms with E-state index >= 15 is 0 Å². The highest BCUT2D eigenvalue weighted by Gasteiger charge is 2.15. The zero-order valence-electron chi connectivity index (χ0n) is 17.9. The number of anilines is 1. The van der Waals surface area contributed by atoms with Gasteiger partial charge in [0, 0.05) is 17.1 Å². The summed E-state index contributed by atoms with van der Waals surface area (Å²) in [5.41, 5.74) is 4.25. The van der Waals surface area contributed by atoms with Crippen molar-refractivity contribution in [2.45, 2.75) is 25.7 Å². The van der Waals surface area contributed by atoms with Crippen molar-refractivity contribution in [2.24, 2.45) is 0 Å². The van der Waals surface area contributed by atoms with Crippen LogP contribution in [-0.4, -0.2) is 26.2 Å². The Labute approximate surface area is 184 Å². The van der Waals surface area contributed by atoms with Gasteiger partial charge in [-0.15, -0.1) is 0 Å². The van der Waals surface area contributed by atoms with Crippen LogP contribution in [-0.2, 0) is 31.9 Å². The van der Waals surface area contributed by atoms with E-state index in [0.717, 1.165) is 36.3 Å². The molecular formula is C25H23NO6. The van der Waals surface area contributed by atoms with E-state index in [2.05, 4.69) is 26.9 Å². The number of fused-ring (bicyclic) bond motifs is 2. The number of hydrogen-bond donors (Lipinski definition) is 1. The van der Waals surface area contributed by atoms with Crippen molar-refractivity contribution >= 4 is 28.6 Å². The topological polar surface area (TPSA) is 94.8 Å². The Morgan fingerprint density at radius 3 is 2.50 bits per heavy atom. The second-order valence-corrected chi connectivity index (χ2v) is 7.59. The highest BCUT2D eigenvalue weighted by Crippen LogP contribution is 2.28. The van der Waals surface area contributed by atoms with E-state index < -0.39 is 17.6 Å². The molecule has 0 aliphatic heterocycles. The maximum absolute atomic E-state index is 12.7. The molecule has 2 aromatic carbocycles. The van der Waals surface area contributed by atoms with Gasteiger partial charge < -0.3 is 19.2 Å². The molecule has 1 aliphatic carbocycles. The number of methoxy groups -OCH3 is 2. The number of carbonyl (C=O) groups is 2. The van der Waals surface area contributed by atoms with Gasteiger partial charge >= 0.3 is 17.6 Å². The summed E-state index contributed by atoms with van der Waals surface area (Å²) < 4.78 is 14.8. The van der Waals surface area contributed by atoms with Crippen LogP contribution in [0.15, 0.2) is 63.4 Å². The summed E-state index contributed by atoms with van der Waals surface area (Å²) in [4.78, 5) is 36.2. The number of hydrogen-bond acceptors (Lipinski definition) is 7. The Morgan fingerprint density at radius 2 is 1.75 bits per heavy atom. The third kappa shape index (κ3) is 4.42. The number of rotatable bonds is 5. The molecule has 0 unspecified atom stereocenters. The number of aryl methyl sites for hydroxylation is 2. The standard InChI is InChI=1S/C25H23NO6/c1-30-23(27)14-21(25(29)31-2)26-19-10-9-18-12-20(24(28)32-22(18)13-19)17-8-7-15-5-3-4-6-16(15)11-17/h7-14,26H,3-6H2,1-2H3/b21-14+. The van der Waals surface area contributed by atoms with Gasteiger partial charge in [-0.05, 0) is 60.6 Å². The molecule has 0 spiro atoms. The van der Waals surface area contributed by atoms with Crippen LogP contribution in [0.5, 0.6) is 0 Å². The van der Waals surface area contributed by atoms with E-state index in [1.54, 1.807) is 24.3 Å². The van der Waals surface area contributed by atoms with Crippen molar-refractivity contribution in [3.05, 3.63) is 75.8 Å². The minimum absolute atomic E-state index is 0.105. The zero-order valence-corrected chi connectivity index (χ0v) is 17.9. The third-order valence-electron chi connectivity index (χ3n) is 5.54. The van der Waals surface area contributed by atoms with E-state index in [9.17, 15) is 14.4 Å². The van der Waals surface area contributed by atoms with Gasteiger partial charge in [-0.25, -0.2) is 14.4 Å². The van der Waals surface area contributed by atoms with Crippen molar-refractivity contribution in [1.82, 2.24) is 0 Å². The van der Waals surface area contributed by atoms with Gasteiger partial charge in [0.15, 0.2) is 0 Å². The lowest BCUT2D eigenvalue weighted by Gasteiger charge is -2.16. The number of nitrogens with one attached hydrogen (secondary N) is 1. The predicted molar refractivity (Wildman–Crippen MR) is 120 cm³/mol. The Hall–Kier alpha value is -3.87. The number of benzene rings is 2. The average molecular weight is 433 g/mol. The van der Waals surface area contributed by atoms with E-state index in [1.807, 2.05) is 6.07 Å². The third-order valence-corrected chi connectivity index (χ3v) is 5.54. The lowest BCUT2D eigenvalue weighted by Crippen LogP contribution is -2.15. The minimum atomic E-state index is -0.736. The summed E-state index contributed by atoms with van der Waals surface area (Å²) in [5, 5.41) is 3.55. The van der Waals surface area contributed by atoms with Crippen molar-refractivity contribution < 1.29 is 23.5 Å². The van der Waals surface area contributed by atoms with Gasteiger partial charge in [-0.3, -0.25) is 0 Å². The molecule has 0 bridgehead atoms. The average Bonchev–Trinajstić information content (AvgIpc) is 2.82. The number of ether oxygens (including phenoxy) is 2. The van der Waals surface area contributed by atoms with E-state index in [4.69, 9.17) is 4.42 Å². The molecule has 0 amide bonds. The van der Waals surface area contributed by atoms with Crippen LogP contribution >= 0.6 is 0 Å². The summed E-state index contributed by atoms with van der Waals surface area (Å²) in [6.45, 7) is 0. The lowest BCUT2D eigenvalue weighted by atomic mass is 9.89. The maximum atomic E-state index is 12.7. The van der Waals surface area contributed by atoms with Crippen LogP contribution in [0, 0.1) is 0 Å². The molecule has 3 aromatic rings. The minimum Gasteiger partial charge on any atom is -0.466 e. The van der Waals surface area contributed by atoms with Gasteiger partial charge in [-0.1, -0.05) is 18.2 Å². The fourth-order valence-electron chi connectivity index (χ4n) is 3.88. The first-order chi connectivity index (χ1) is 15.5. The molecule has 0 atom stereocenters. The van der Waals surface area contributed by atoms with Crippen LogP contribution in [0.3, 0.4) is 0 Å². The predicted octanol–water partition coefficient (Wildman–Crippen LogP) is 3.98. The maximum Gasteiger partial charge on any atom is 0.354 e. The molecule has 0 saturated carbocycles. The molecule has 4 rings (SSSR count). The smallest absolute Gasteiger partial charge is 0.354 e. The molecule has 0 radical (unpaired) electrons. The van der Waals surface area contributed by atoms with Crippen molar-refractivity contribution in [3.63, 3.8) is 0 Å². The molecule has 7 nitrogen and oxygen atoms in total.